The van der Waals surface area contributed by atoms with E-state index in [2.05, 4.69) is 26.3 Å². The molecule has 2 fully saturated rings. The van der Waals surface area contributed by atoms with Crippen LogP contribution in [-0.4, -0.2) is 57.5 Å². The van der Waals surface area contributed by atoms with Gasteiger partial charge >= 0.3 is 0 Å². The van der Waals surface area contributed by atoms with Gasteiger partial charge in [-0.25, -0.2) is 4.98 Å². The van der Waals surface area contributed by atoms with Gasteiger partial charge in [-0.15, -0.1) is 0 Å². The smallest absolute Gasteiger partial charge is 0.225 e. The Bertz CT molecular complexity index is 455. The lowest BCUT2D eigenvalue weighted by Crippen LogP contribution is -2.42. The summed E-state index contributed by atoms with van der Waals surface area (Å²) in [7, 11) is 0. The fourth-order valence-corrected chi connectivity index (χ4v) is 3.33. The number of imidazole rings is 1. The zero-order valence-corrected chi connectivity index (χ0v) is 12.9. The molecule has 5 nitrogen and oxygen atoms in total. The number of aromatic nitrogens is 2. The molecule has 21 heavy (non-hydrogen) atoms. The summed E-state index contributed by atoms with van der Waals surface area (Å²) in [6.07, 6.45) is 10.3. The van der Waals surface area contributed by atoms with E-state index < -0.39 is 0 Å². The Balaban J connectivity index is 1.51. The van der Waals surface area contributed by atoms with Crippen molar-refractivity contribution in [1.82, 2.24) is 19.4 Å². The van der Waals surface area contributed by atoms with Crippen molar-refractivity contribution < 1.29 is 4.79 Å². The first kappa shape index (κ1) is 14.6. The van der Waals surface area contributed by atoms with Gasteiger partial charge < -0.3 is 9.47 Å². The van der Waals surface area contributed by atoms with Crippen LogP contribution in [-0.2, 0) is 11.3 Å². The van der Waals surface area contributed by atoms with Crippen LogP contribution in [0, 0.1) is 5.92 Å². The van der Waals surface area contributed by atoms with Gasteiger partial charge in [-0.2, -0.15) is 0 Å². The standard InChI is InChI=1S/C16H26N4O/c1-14(12-18-9-6-17-13-18)19-7-3-8-20(11-10-19)16(21)15-4-2-5-15/h6,9,13-15H,2-5,7-8,10-12H2,1H3. The van der Waals surface area contributed by atoms with Crippen molar-refractivity contribution in [3.05, 3.63) is 18.7 Å². The second-order valence-electron chi connectivity index (χ2n) is 6.45. The highest BCUT2D eigenvalue weighted by Crippen LogP contribution is 2.28. The second kappa shape index (κ2) is 6.60. The highest BCUT2D eigenvalue weighted by atomic mass is 16.2. The maximum Gasteiger partial charge on any atom is 0.225 e. The molecule has 1 atom stereocenters. The molecular weight excluding hydrogens is 264 g/mol. The van der Waals surface area contributed by atoms with E-state index in [1.165, 1.54) is 6.42 Å². The van der Waals surface area contributed by atoms with E-state index in [9.17, 15) is 4.79 Å². The van der Waals surface area contributed by atoms with E-state index in [1.807, 2.05) is 18.7 Å². The molecule has 116 valence electrons. The van der Waals surface area contributed by atoms with Gasteiger partial charge in [0.05, 0.1) is 6.33 Å². The Morgan fingerprint density at radius 3 is 2.76 bits per heavy atom. The van der Waals surface area contributed by atoms with Gasteiger partial charge in [0.25, 0.3) is 0 Å². The van der Waals surface area contributed by atoms with Crippen molar-refractivity contribution in [3.63, 3.8) is 0 Å². The van der Waals surface area contributed by atoms with Crippen LogP contribution in [0.5, 0.6) is 0 Å². The SMILES string of the molecule is CC(Cn1ccnc1)N1CCCN(C(=O)C2CCC2)CC1. The summed E-state index contributed by atoms with van der Waals surface area (Å²) in [5, 5.41) is 0. The third-order valence-electron chi connectivity index (χ3n) is 4.95. The normalized spacial score (nSPS) is 22.6. The number of amides is 1. The molecule has 1 saturated heterocycles. The number of hydrogen-bond acceptors (Lipinski definition) is 3. The molecule has 1 aliphatic carbocycles. The lowest BCUT2D eigenvalue weighted by Gasteiger charge is -2.31. The van der Waals surface area contributed by atoms with Crippen molar-refractivity contribution in [1.29, 1.82) is 0 Å². The Morgan fingerprint density at radius 2 is 2.10 bits per heavy atom. The van der Waals surface area contributed by atoms with E-state index in [1.54, 1.807) is 0 Å². The summed E-state index contributed by atoms with van der Waals surface area (Å²) in [4.78, 5) is 21.1. The van der Waals surface area contributed by atoms with Gasteiger partial charge in [-0.3, -0.25) is 9.69 Å². The lowest BCUT2D eigenvalue weighted by atomic mass is 9.84. The van der Waals surface area contributed by atoms with Crippen LogP contribution in [0.15, 0.2) is 18.7 Å². The summed E-state index contributed by atoms with van der Waals surface area (Å²) >= 11 is 0. The van der Waals surface area contributed by atoms with Crippen LogP contribution in [0.25, 0.3) is 0 Å². The highest BCUT2D eigenvalue weighted by Gasteiger charge is 2.30. The molecule has 0 spiro atoms. The van der Waals surface area contributed by atoms with Gasteiger partial charge in [0.15, 0.2) is 0 Å². The molecule has 0 radical (unpaired) electrons. The Hall–Kier alpha value is -1.36. The van der Waals surface area contributed by atoms with Gasteiger partial charge in [-0.1, -0.05) is 6.42 Å². The monoisotopic (exact) mass is 290 g/mol. The summed E-state index contributed by atoms with van der Waals surface area (Å²) in [5.74, 6) is 0.741. The molecule has 1 aromatic heterocycles. The van der Waals surface area contributed by atoms with E-state index in [0.29, 0.717) is 17.9 Å². The Kier molecular flexibility index (Phi) is 4.58. The van der Waals surface area contributed by atoms with E-state index in [4.69, 9.17) is 0 Å². The van der Waals surface area contributed by atoms with Crippen molar-refractivity contribution in [2.24, 2.45) is 5.92 Å². The molecule has 1 saturated carbocycles. The molecule has 0 aromatic carbocycles. The molecule has 2 heterocycles. The van der Waals surface area contributed by atoms with Crippen LogP contribution in [0.1, 0.15) is 32.6 Å². The predicted molar refractivity (Wildman–Crippen MR) is 81.8 cm³/mol. The maximum absolute atomic E-state index is 12.4. The van der Waals surface area contributed by atoms with Crippen LogP contribution in [0.2, 0.25) is 0 Å². The van der Waals surface area contributed by atoms with Crippen LogP contribution in [0.4, 0.5) is 0 Å². The minimum atomic E-state index is 0.333. The van der Waals surface area contributed by atoms with E-state index >= 15 is 0 Å². The fraction of sp³-hybridized carbons (Fsp3) is 0.750. The summed E-state index contributed by atoms with van der Waals surface area (Å²) in [6, 6.07) is 0.484. The maximum atomic E-state index is 12.4. The Labute approximate surface area is 126 Å². The van der Waals surface area contributed by atoms with Gasteiger partial charge in [0, 0.05) is 57.1 Å². The minimum absolute atomic E-state index is 0.333. The van der Waals surface area contributed by atoms with Crippen LogP contribution >= 0.6 is 0 Å². The molecule has 0 N–H and O–H groups in total. The van der Waals surface area contributed by atoms with Crippen molar-refractivity contribution >= 4 is 5.91 Å². The molecule has 1 unspecified atom stereocenters. The second-order valence-corrected chi connectivity index (χ2v) is 6.45. The number of rotatable bonds is 4. The molecule has 1 aromatic rings. The first-order valence-electron chi connectivity index (χ1n) is 8.22. The number of carbonyl (C=O) groups is 1. The average molecular weight is 290 g/mol. The van der Waals surface area contributed by atoms with Gasteiger partial charge in [0.1, 0.15) is 0 Å². The number of hydrogen-bond donors (Lipinski definition) is 0. The number of nitrogens with zero attached hydrogens (tertiary/aromatic N) is 4. The number of carbonyl (C=O) groups excluding carboxylic acids is 1. The first-order valence-corrected chi connectivity index (χ1v) is 8.22. The lowest BCUT2D eigenvalue weighted by molar-refractivity contribution is -0.138. The minimum Gasteiger partial charge on any atom is -0.341 e. The molecule has 2 aliphatic rings. The topological polar surface area (TPSA) is 41.4 Å². The zero-order valence-electron chi connectivity index (χ0n) is 12.9. The molecule has 5 heteroatoms. The Morgan fingerprint density at radius 1 is 1.24 bits per heavy atom. The third-order valence-corrected chi connectivity index (χ3v) is 4.95. The molecule has 1 amide bonds. The van der Waals surface area contributed by atoms with Gasteiger partial charge in [0.2, 0.25) is 5.91 Å². The van der Waals surface area contributed by atoms with Gasteiger partial charge in [-0.05, 0) is 26.2 Å². The quantitative estimate of drug-likeness (QED) is 0.846. The predicted octanol–water partition coefficient (Wildman–Crippen LogP) is 1.61. The fourth-order valence-electron chi connectivity index (χ4n) is 3.33. The third kappa shape index (κ3) is 3.46. The average Bonchev–Trinajstić information content (AvgIpc) is 2.78. The van der Waals surface area contributed by atoms with Crippen molar-refractivity contribution in [3.8, 4) is 0 Å². The molecular formula is C16H26N4O. The van der Waals surface area contributed by atoms with E-state index in [-0.39, 0.29) is 0 Å². The largest absolute Gasteiger partial charge is 0.341 e. The van der Waals surface area contributed by atoms with E-state index in [0.717, 1.165) is 52.0 Å². The molecule has 0 bridgehead atoms. The highest BCUT2D eigenvalue weighted by molar-refractivity contribution is 5.79. The van der Waals surface area contributed by atoms with Crippen molar-refractivity contribution in [2.75, 3.05) is 26.2 Å². The van der Waals surface area contributed by atoms with Crippen LogP contribution in [0.3, 0.4) is 0 Å². The summed E-state index contributed by atoms with van der Waals surface area (Å²) in [6.45, 7) is 7.14. The van der Waals surface area contributed by atoms with Crippen molar-refractivity contribution in [2.45, 2.75) is 45.2 Å². The first-order chi connectivity index (χ1) is 10.2. The summed E-state index contributed by atoms with van der Waals surface area (Å²) in [5.41, 5.74) is 0. The molecule has 3 rings (SSSR count). The summed E-state index contributed by atoms with van der Waals surface area (Å²) < 4.78 is 2.13. The van der Waals surface area contributed by atoms with Crippen LogP contribution < -0.4 is 0 Å². The zero-order chi connectivity index (χ0) is 14.7. The molecule has 1 aliphatic heterocycles.